The molecule has 0 bridgehead atoms. The maximum atomic E-state index is 12.7. The van der Waals surface area contributed by atoms with Crippen molar-refractivity contribution in [3.63, 3.8) is 0 Å². The molecule has 2 aromatic rings. The summed E-state index contributed by atoms with van der Waals surface area (Å²) in [5.41, 5.74) is 8.35. The van der Waals surface area contributed by atoms with Gasteiger partial charge in [0, 0.05) is 19.8 Å². The molecule has 3 amide bonds. The van der Waals surface area contributed by atoms with Gasteiger partial charge in [-0.1, -0.05) is 60.2 Å². The van der Waals surface area contributed by atoms with Crippen LogP contribution in [0.1, 0.15) is 23.6 Å². The summed E-state index contributed by atoms with van der Waals surface area (Å²) in [7, 11) is 0. The fourth-order valence-corrected chi connectivity index (χ4v) is 2.87. The smallest absolute Gasteiger partial charge is 0.243 e. The third kappa shape index (κ3) is 6.58. The molecule has 2 atom stereocenters. The number of rotatable bonds is 8. The van der Waals surface area contributed by atoms with E-state index in [4.69, 9.17) is 5.73 Å². The number of benzene rings is 2. The van der Waals surface area contributed by atoms with E-state index in [2.05, 4.69) is 10.6 Å². The number of carbonyl (C=O) groups is 3. The molecule has 0 aromatic heterocycles. The van der Waals surface area contributed by atoms with Crippen molar-refractivity contribution >= 4 is 17.7 Å². The summed E-state index contributed by atoms with van der Waals surface area (Å²) in [6, 6.07) is 15.4. The van der Waals surface area contributed by atoms with Gasteiger partial charge in [-0.3, -0.25) is 14.4 Å². The molecule has 142 valence electrons. The minimum absolute atomic E-state index is 0.293. The van der Waals surface area contributed by atoms with E-state index >= 15 is 0 Å². The van der Waals surface area contributed by atoms with Crippen LogP contribution in [0.4, 0.5) is 0 Å². The Labute approximate surface area is 159 Å². The van der Waals surface area contributed by atoms with Crippen molar-refractivity contribution in [2.45, 2.75) is 38.8 Å². The van der Waals surface area contributed by atoms with Gasteiger partial charge in [-0.15, -0.1) is 0 Å². The lowest BCUT2D eigenvalue weighted by atomic mass is 10.0. The molecule has 6 nitrogen and oxygen atoms in total. The van der Waals surface area contributed by atoms with Crippen molar-refractivity contribution in [2.24, 2.45) is 5.73 Å². The third-order valence-electron chi connectivity index (χ3n) is 4.16. The lowest BCUT2D eigenvalue weighted by molar-refractivity contribution is -0.130. The van der Waals surface area contributed by atoms with Gasteiger partial charge in [-0.05, 0) is 18.1 Å². The van der Waals surface area contributed by atoms with Gasteiger partial charge in [0.15, 0.2) is 0 Å². The van der Waals surface area contributed by atoms with E-state index in [1.807, 2.05) is 61.5 Å². The number of hydrogen-bond acceptors (Lipinski definition) is 3. The predicted molar refractivity (Wildman–Crippen MR) is 104 cm³/mol. The highest BCUT2D eigenvalue weighted by Gasteiger charge is 2.25. The zero-order valence-electron chi connectivity index (χ0n) is 15.6. The third-order valence-corrected chi connectivity index (χ3v) is 4.16. The number of amides is 3. The summed E-state index contributed by atoms with van der Waals surface area (Å²) >= 11 is 0. The van der Waals surface area contributed by atoms with Crippen molar-refractivity contribution in [3.8, 4) is 0 Å². The van der Waals surface area contributed by atoms with Crippen LogP contribution in [-0.4, -0.2) is 29.8 Å². The topological polar surface area (TPSA) is 101 Å². The molecule has 0 saturated heterocycles. The number of aryl methyl sites for hydroxylation is 1. The van der Waals surface area contributed by atoms with Crippen LogP contribution in [0.2, 0.25) is 0 Å². The van der Waals surface area contributed by atoms with E-state index in [-0.39, 0.29) is 5.91 Å². The molecule has 0 saturated carbocycles. The summed E-state index contributed by atoms with van der Waals surface area (Å²) in [6.45, 7) is 3.30. The van der Waals surface area contributed by atoms with Crippen molar-refractivity contribution in [1.29, 1.82) is 0 Å². The van der Waals surface area contributed by atoms with Gasteiger partial charge >= 0.3 is 0 Å². The van der Waals surface area contributed by atoms with E-state index in [0.29, 0.717) is 12.8 Å². The van der Waals surface area contributed by atoms with Crippen LogP contribution < -0.4 is 16.4 Å². The zero-order chi connectivity index (χ0) is 19.8. The van der Waals surface area contributed by atoms with Crippen LogP contribution in [-0.2, 0) is 27.2 Å². The van der Waals surface area contributed by atoms with E-state index in [0.717, 1.165) is 16.7 Å². The van der Waals surface area contributed by atoms with Crippen LogP contribution in [0.3, 0.4) is 0 Å². The molecule has 2 aromatic carbocycles. The fourth-order valence-electron chi connectivity index (χ4n) is 2.87. The summed E-state index contributed by atoms with van der Waals surface area (Å²) < 4.78 is 0. The lowest BCUT2D eigenvalue weighted by Gasteiger charge is -2.22. The second kappa shape index (κ2) is 9.52. The van der Waals surface area contributed by atoms with Crippen LogP contribution in [0, 0.1) is 6.92 Å². The average molecular weight is 367 g/mol. The maximum absolute atomic E-state index is 12.7. The number of hydrogen-bond donors (Lipinski definition) is 3. The molecular weight excluding hydrogens is 342 g/mol. The molecular formula is C21H25N3O3. The largest absolute Gasteiger partial charge is 0.368 e. The van der Waals surface area contributed by atoms with E-state index in [9.17, 15) is 14.4 Å². The standard InChI is InChI=1S/C21H25N3O3/c1-14-7-6-10-17(11-14)13-18(20(22)26)24-21(27)19(23-15(2)25)12-16-8-4-3-5-9-16/h3-11,18-19H,12-13H2,1-2H3,(H2,22,26)(H,23,25)(H,24,27)/t18-,19+/m1/s1. The zero-order valence-corrected chi connectivity index (χ0v) is 15.6. The Morgan fingerprint density at radius 3 is 2.11 bits per heavy atom. The molecule has 2 rings (SSSR count). The first-order valence-corrected chi connectivity index (χ1v) is 8.81. The fraction of sp³-hybridized carbons (Fsp3) is 0.286. The van der Waals surface area contributed by atoms with Crippen molar-refractivity contribution in [2.75, 3.05) is 0 Å². The van der Waals surface area contributed by atoms with Gasteiger partial charge in [0.25, 0.3) is 0 Å². The van der Waals surface area contributed by atoms with E-state index < -0.39 is 23.9 Å². The summed E-state index contributed by atoms with van der Waals surface area (Å²) in [4.78, 5) is 36.1. The Morgan fingerprint density at radius 1 is 0.889 bits per heavy atom. The Bertz CT molecular complexity index is 805. The van der Waals surface area contributed by atoms with Crippen LogP contribution >= 0.6 is 0 Å². The lowest BCUT2D eigenvalue weighted by Crippen LogP contribution is -2.54. The molecule has 0 aliphatic heterocycles. The number of nitrogens with one attached hydrogen (secondary N) is 2. The molecule has 4 N–H and O–H groups in total. The minimum atomic E-state index is -0.855. The Kier molecular flexibility index (Phi) is 7.11. The SMILES string of the molecule is CC(=O)N[C@@H](Cc1ccccc1)C(=O)N[C@H](Cc1cccc(C)c1)C(N)=O. The number of carbonyl (C=O) groups excluding carboxylic acids is 3. The maximum Gasteiger partial charge on any atom is 0.243 e. The molecule has 27 heavy (non-hydrogen) atoms. The van der Waals surface area contributed by atoms with Crippen molar-refractivity contribution in [3.05, 3.63) is 71.3 Å². The van der Waals surface area contributed by atoms with Crippen molar-refractivity contribution < 1.29 is 14.4 Å². The normalized spacial score (nSPS) is 12.7. The Balaban J connectivity index is 2.11. The van der Waals surface area contributed by atoms with E-state index in [1.54, 1.807) is 0 Å². The first-order chi connectivity index (χ1) is 12.8. The van der Waals surface area contributed by atoms with Gasteiger partial charge in [0.2, 0.25) is 17.7 Å². The van der Waals surface area contributed by atoms with Gasteiger partial charge in [0.05, 0.1) is 0 Å². The van der Waals surface area contributed by atoms with Gasteiger partial charge in [-0.25, -0.2) is 0 Å². The first kappa shape index (κ1) is 20.2. The molecule has 0 unspecified atom stereocenters. The molecule has 0 spiro atoms. The molecule has 0 radical (unpaired) electrons. The molecule has 0 aliphatic carbocycles. The summed E-state index contributed by atoms with van der Waals surface area (Å²) in [5, 5.41) is 5.32. The second-order valence-corrected chi connectivity index (χ2v) is 6.60. The van der Waals surface area contributed by atoms with Gasteiger partial charge in [0.1, 0.15) is 12.1 Å². The minimum Gasteiger partial charge on any atom is -0.368 e. The highest BCUT2D eigenvalue weighted by molar-refractivity contribution is 5.91. The number of primary amides is 1. The number of nitrogens with two attached hydrogens (primary N) is 1. The Morgan fingerprint density at radius 2 is 1.52 bits per heavy atom. The molecule has 0 heterocycles. The first-order valence-electron chi connectivity index (χ1n) is 8.81. The Hall–Kier alpha value is -3.15. The highest BCUT2D eigenvalue weighted by atomic mass is 16.2. The van der Waals surface area contributed by atoms with E-state index in [1.165, 1.54) is 6.92 Å². The van der Waals surface area contributed by atoms with Crippen LogP contribution in [0.25, 0.3) is 0 Å². The second-order valence-electron chi connectivity index (χ2n) is 6.60. The predicted octanol–water partition coefficient (Wildman–Crippen LogP) is 1.26. The average Bonchev–Trinajstić information content (AvgIpc) is 2.61. The quantitative estimate of drug-likeness (QED) is 0.654. The molecule has 6 heteroatoms. The summed E-state index contributed by atoms with van der Waals surface area (Å²) in [5.74, 6) is -1.38. The molecule has 0 fully saturated rings. The van der Waals surface area contributed by atoms with Crippen molar-refractivity contribution in [1.82, 2.24) is 10.6 Å². The highest BCUT2D eigenvalue weighted by Crippen LogP contribution is 2.08. The summed E-state index contributed by atoms with van der Waals surface area (Å²) in [6.07, 6.45) is 0.614. The van der Waals surface area contributed by atoms with Crippen LogP contribution in [0.5, 0.6) is 0 Å². The van der Waals surface area contributed by atoms with Gasteiger partial charge in [-0.2, -0.15) is 0 Å². The van der Waals surface area contributed by atoms with Crippen LogP contribution in [0.15, 0.2) is 54.6 Å². The molecule has 0 aliphatic rings. The van der Waals surface area contributed by atoms with Gasteiger partial charge < -0.3 is 16.4 Å². The monoisotopic (exact) mass is 367 g/mol.